The Morgan fingerprint density at radius 1 is 0.722 bits per heavy atom. The molecule has 0 unspecified atom stereocenters. The van der Waals surface area contributed by atoms with Crippen LogP contribution in [0.15, 0.2) is 114 Å². The van der Waals surface area contributed by atoms with Gasteiger partial charge in [-0.2, -0.15) is 0 Å². The van der Waals surface area contributed by atoms with Gasteiger partial charge in [0.1, 0.15) is 13.2 Å². The molecule has 1 aliphatic rings. The molecule has 0 N–H and O–H groups in total. The second-order valence-corrected chi connectivity index (χ2v) is 9.78. The molecule has 4 aromatic carbocycles. The summed E-state index contributed by atoms with van der Waals surface area (Å²) in [4.78, 5) is 15.3. The summed E-state index contributed by atoms with van der Waals surface area (Å²) in [6.45, 7) is 0.833. The van der Waals surface area contributed by atoms with Crippen LogP contribution in [0, 0.1) is 0 Å². The number of thioether (sulfide) groups is 1. The molecule has 0 saturated carbocycles. The molecule has 4 aromatic rings. The maximum Gasteiger partial charge on any atom is 0.270 e. The van der Waals surface area contributed by atoms with Crippen molar-refractivity contribution in [2.45, 2.75) is 13.2 Å². The van der Waals surface area contributed by atoms with Crippen LogP contribution in [0.25, 0.3) is 6.08 Å². The first-order chi connectivity index (χ1) is 17.7. The molecule has 1 aliphatic heterocycles. The van der Waals surface area contributed by atoms with E-state index in [0.717, 1.165) is 22.4 Å². The van der Waals surface area contributed by atoms with Gasteiger partial charge in [0.15, 0.2) is 15.8 Å². The van der Waals surface area contributed by atoms with Crippen molar-refractivity contribution in [3.05, 3.63) is 131 Å². The van der Waals surface area contributed by atoms with Crippen LogP contribution in [0.1, 0.15) is 16.7 Å². The lowest BCUT2D eigenvalue weighted by Gasteiger charge is -2.14. The predicted molar refractivity (Wildman–Crippen MR) is 150 cm³/mol. The van der Waals surface area contributed by atoms with Crippen LogP contribution in [0.2, 0.25) is 0 Å². The predicted octanol–water partition coefficient (Wildman–Crippen LogP) is 7.25. The summed E-state index contributed by atoms with van der Waals surface area (Å²) in [5.74, 6) is 1.12. The molecule has 0 aliphatic carbocycles. The highest BCUT2D eigenvalue weighted by Crippen LogP contribution is 2.37. The number of hydrogen-bond donors (Lipinski definition) is 0. The van der Waals surface area contributed by atoms with Crippen molar-refractivity contribution in [3.8, 4) is 11.5 Å². The summed E-state index contributed by atoms with van der Waals surface area (Å²) in [5, 5.41) is 0. The van der Waals surface area contributed by atoms with E-state index in [0.29, 0.717) is 33.9 Å². The Hall–Kier alpha value is -3.87. The highest BCUT2D eigenvalue weighted by Gasteiger charge is 2.33. The highest BCUT2D eigenvalue weighted by molar-refractivity contribution is 8.27. The van der Waals surface area contributed by atoms with Gasteiger partial charge in [0.25, 0.3) is 5.91 Å². The van der Waals surface area contributed by atoms with E-state index in [1.807, 2.05) is 115 Å². The van der Waals surface area contributed by atoms with Crippen molar-refractivity contribution < 1.29 is 14.3 Å². The van der Waals surface area contributed by atoms with Crippen LogP contribution in [0.4, 0.5) is 5.69 Å². The van der Waals surface area contributed by atoms with Crippen molar-refractivity contribution in [1.29, 1.82) is 0 Å². The zero-order chi connectivity index (χ0) is 24.7. The van der Waals surface area contributed by atoms with E-state index in [2.05, 4.69) is 0 Å². The molecule has 1 fully saturated rings. The molecule has 1 heterocycles. The van der Waals surface area contributed by atoms with E-state index in [9.17, 15) is 4.79 Å². The van der Waals surface area contributed by atoms with Crippen molar-refractivity contribution >= 4 is 46.0 Å². The van der Waals surface area contributed by atoms with E-state index in [1.54, 1.807) is 4.90 Å². The lowest BCUT2D eigenvalue weighted by atomic mass is 10.1. The number of carbonyl (C=O) groups is 1. The smallest absolute Gasteiger partial charge is 0.270 e. The van der Waals surface area contributed by atoms with Gasteiger partial charge in [-0.15, -0.1) is 0 Å². The summed E-state index contributed by atoms with van der Waals surface area (Å²) in [6.07, 6.45) is 1.85. The van der Waals surface area contributed by atoms with Crippen LogP contribution < -0.4 is 14.4 Å². The molecule has 0 atom stereocenters. The maximum atomic E-state index is 13.1. The van der Waals surface area contributed by atoms with Gasteiger partial charge in [0, 0.05) is 0 Å². The number of benzene rings is 4. The first-order valence-corrected chi connectivity index (χ1v) is 12.7. The van der Waals surface area contributed by atoms with E-state index in [-0.39, 0.29) is 5.91 Å². The molecule has 178 valence electrons. The largest absolute Gasteiger partial charge is 0.485 e. The number of anilines is 1. The second kappa shape index (κ2) is 11.2. The fraction of sp³-hybridized carbons (Fsp3) is 0.0667. The van der Waals surface area contributed by atoms with E-state index in [4.69, 9.17) is 21.7 Å². The van der Waals surface area contributed by atoms with Gasteiger partial charge in [-0.25, -0.2) is 0 Å². The SMILES string of the molecule is O=C1/C(=C\c2ccc(OCc3ccccc3)c(OCc3ccccc3)c2)SC(=S)N1c1ccccc1. The quantitative estimate of drug-likeness (QED) is 0.185. The summed E-state index contributed by atoms with van der Waals surface area (Å²) < 4.78 is 12.8. The number of amides is 1. The topological polar surface area (TPSA) is 38.8 Å². The number of carbonyl (C=O) groups excluding carboxylic acids is 1. The van der Waals surface area contributed by atoms with Crippen LogP contribution in [-0.4, -0.2) is 10.2 Å². The van der Waals surface area contributed by atoms with Gasteiger partial charge in [0.2, 0.25) is 0 Å². The third kappa shape index (κ3) is 5.67. The third-order valence-electron chi connectivity index (χ3n) is 5.55. The highest BCUT2D eigenvalue weighted by atomic mass is 32.2. The fourth-order valence-corrected chi connectivity index (χ4v) is 5.03. The summed E-state index contributed by atoms with van der Waals surface area (Å²) in [6, 6.07) is 35.1. The zero-order valence-corrected chi connectivity index (χ0v) is 21.0. The molecular formula is C30H23NO3S2. The molecular weight excluding hydrogens is 486 g/mol. The minimum atomic E-state index is -0.132. The Morgan fingerprint density at radius 3 is 1.89 bits per heavy atom. The molecule has 0 spiro atoms. The fourth-order valence-electron chi connectivity index (χ4n) is 3.74. The number of hydrogen-bond acceptors (Lipinski definition) is 5. The Bertz CT molecular complexity index is 1390. The first-order valence-electron chi connectivity index (χ1n) is 11.5. The van der Waals surface area contributed by atoms with Crippen LogP contribution >= 0.6 is 24.0 Å². The Morgan fingerprint density at radius 2 is 1.28 bits per heavy atom. The zero-order valence-electron chi connectivity index (χ0n) is 19.4. The number of ether oxygens (including phenoxy) is 2. The second-order valence-electron chi connectivity index (χ2n) is 8.11. The molecule has 6 heteroatoms. The van der Waals surface area contributed by atoms with E-state index < -0.39 is 0 Å². The molecule has 5 rings (SSSR count). The standard InChI is InChI=1S/C30H23NO3S2/c32-29-28(36-30(35)31(29)25-14-8-3-9-15-25)19-24-16-17-26(33-20-22-10-4-1-5-11-22)27(18-24)34-21-23-12-6-2-7-13-23/h1-19H,20-21H2/b28-19+. The van der Waals surface area contributed by atoms with Crippen molar-refractivity contribution in [1.82, 2.24) is 0 Å². The summed E-state index contributed by atoms with van der Waals surface area (Å²) in [7, 11) is 0. The number of thiocarbonyl (C=S) groups is 1. The molecule has 1 amide bonds. The van der Waals surface area contributed by atoms with Crippen molar-refractivity contribution in [2.75, 3.05) is 4.90 Å². The average molecular weight is 510 g/mol. The monoisotopic (exact) mass is 509 g/mol. The normalized spacial score (nSPS) is 14.3. The molecule has 4 nitrogen and oxygen atoms in total. The minimum absolute atomic E-state index is 0.132. The average Bonchev–Trinajstić information content (AvgIpc) is 3.20. The summed E-state index contributed by atoms with van der Waals surface area (Å²) in [5.41, 5.74) is 3.72. The van der Waals surface area contributed by atoms with E-state index >= 15 is 0 Å². The number of rotatable bonds is 8. The Labute approximate surface area is 220 Å². The van der Waals surface area contributed by atoms with E-state index in [1.165, 1.54) is 11.8 Å². The lowest BCUT2D eigenvalue weighted by molar-refractivity contribution is -0.113. The van der Waals surface area contributed by atoms with Gasteiger partial charge >= 0.3 is 0 Å². The van der Waals surface area contributed by atoms with Gasteiger partial charge in [-0.3, -0.25) is 9.69 Å². The van der Waals surface area contributed by atoms with Gasteiger partial charge in [-0.05, 0) is 47.0 Å². The first kappa shape index (κ1) is 23.9. The molecule has 0 bridgehead atoms. The maximum absolute atomic E-state index is 13.1. The number of para-hydroxylation sites is 1. The lowest BCUT2D eigenvalue weighted by Crippen LogP contribution is -2.27. The van der Waals surface area contributed by atoms with Crippen LogP contribution in [0.5, 0.6) is 11.5 Å². The number of nitrogens with zero attached hydrogens (tertiary/aromatic N) is 1. The molecule has 0 radical (unpaired) electrons. The van der Waals surface area contributed by atoms with Crippen LogP contribution in [0.3, 0.4) is 0 Å². The minimum Gasteiger partial charge on any atom is -0.485 e. The summed E-state index contributed by atoms with van der Waals surface area (Å²) >= 11 is 6.79. The van der Waals surface area contributed by atoms with Crippen LogP contribution in [-0.2, 0) is 18.0 Å². The molecule has 0 aromatic heterocycles. The Balaban J connectivity index is 1.40. The van der Waals surface area contributed by atoms with Gasteiger partial charge < -0.3 is 9.47 Å². The molecule has 36 heavy (non-hydrogen) atoms. The molecule has 1 saturated heterocycles. The van der Waals surface area contributed by atoms with Crippen molar-refractivity contribution in [3.63, 3.8) is 0 Å². The van der Waals surface area contributed by atoms with Gasteiger partial charge in [0.05, 0.1) is 10.6 Å². The Kier molecular flexibility index (Phi) is 7.45. The van der Waals surface area contributed by atoms with Gasteiger partial charge in [-0.1, -0.05) is 109 Å². The third-order valence-corrected chi connectivity index (χ3v) is 6.85. The van der Waals surface area contributed by atoms with Crippen molar-refractivity contribution in [2.24, 2.45) is 0 Å².